The lowest BCUT2D eigenvalue weighted by molar-refractivity contribution is -0.176. The van der Waals surface area contributed by atoms with Gasteiger partial charge in [-0.25, -0.2) is 4.98 Å². The number of thiazole rings is 1. The van der Waals surface area contributed by atoms with Gasteiger partial charge in [0.05, 0.1) is 23.9 Å². The Balaban J connectivity index is 3.22. The van der Waals surface area contributed by atoms with Crippen molar-refractivity contribution in [3.63, 3.8) is 0 Å². The van der Waals surface area contributed by atoms with Crippen LogP contribution in [0, 0.1) is 18.3 Å². The number of rotatable bonds is 7. The number of hydrogen-bond acceptors (Lipinski definition) is 6. The summed E-state index contributed by atoms with van der Waals surface area (Å²) in [6, 6.07) is 0. The minimum absolute atomic E-state index is 0.201. The summed E-state index contributed by atoms with van der Waals surface area (Å²) in [7, 11) is 0. The average Bonchev–Trinajstić information content (AvgIpc) is 2.81. The van der Waals surface area contributed by atoms with Gasteiger partial charge in [0.2, 0.25) is 0 Å². The molecule has 0 fully saturated rings. The topological polar surface area (TPSA) is 65.5 Å². The third-order valence-electron chi connectivity index (χ3n) is 3.39. The first kappa shape index (κ1) is 17.6. The number of esters is 2. The molecule has 1 aromatic heterocycles. The zero-order valence-electron chi connectivity index (χ0n) is 13.3. The van der Waals surface area contributed by atoms with E-state index in [-0.39, 0.29) is 25.6 Å². The van der Waals surface area contributed by atoms with Gasteiger partial charge in [-0.3, -0.25) is 9.59 Å². The normalized spacial score (nSPS) is 11.5. The number of hydrogen-bond donors (Lipinski definition) is 0. The van der Waals surface area contributed by atoms with Crippen LogP contribution in [0.1, 0.15) is 38.4 Å². The molecule has 0 atom stereocenters. The van der Waals surface area contributed by atoms with E-state index >= 15 is 0 Å². The van der Waals surface area contributed by atoms with Crippen LogP contribution in [0.15, 0.2) is 5.38 Å². The number of nitrogens with zero attached hydrogens (tertiary/aromatic N) is 1. The van der Waals surface area contributed by atoms with Gasteiger partial charge in [0.1, 0.15) is 0 Å². The van der Waals surface area contributed by atoms with Crippen LogP contribution in [0.25, 0.3) is 0 Å². The Morgan fingerprint density at radius 2 is 1.76 bits per heavy atom. The summed E-state index contributed by atoms with van der Waals surface area (Å²) in [5.74, 6) is -1.33. The summed E-state index contributed by atoms with van der Waals surface area (Å²) in [5.41, 5.74) is -0.626. The molecule has 0 aliphatic rings. The second kappa shape index (κ2) is 7.54. The van der Waals surface area contributed by atoms with Crippen molar-refractivity contribution in [1.82, 2.24) is 4.98 Å². The van der Waals surface area contributed by atoms with Crippen molar-refractivity contribution in [3.8, 4) is 0 Å². The average molecular weight is 313 g/mol. The molecule has 118 valence electrons. The van der Waals surface area contributed by atoms with Crippen molar-refractivity contribution in [2.45, 2.75) is 41.0 Å². The molecule has 0 unspecified atom stereocenters. The quantitative estimate of drug-likeness (QED) is 0.572. The van der Waals surface area contributed by atoms with Crippen molar-refractivity contribution in [2.75, 3.05) is 13.2 Å². The Bertz CT molecular complexity index is 478. The highest BCUT2D eigenvalue weighted by molar-refractivity contribution is 7.09. The first-order chi connectivity index (χ1) is 9.88. The highest BCUT2D eigenvalue weighted by Crippen LogP contribution is 2.35. The molecule has 1 heterocycles. The molecule has 0 bridgehead atoms. The highest BCUT2D eigenvalue weighted by Gasteiger charge is 2.52. The second-order valence-corrected chi connectivity index (χ2v) is 6.16. The lowest BCUT2D eigenvalue weighted by atomic mass is 9.73. The molecule has 0 saturated heterocycles. The van der Waals surface area contributed by atoms with Crippen LogP contribution in [0.2, 0.25) is 0 Å². The Morgan fingerprint density at radius 3 is 2.10 bits per heavy atom. The van der Waals surface area contributed by atoms with E-state index < -0.39 is 17.4 Å². The van der Waals surface area contributed by atoms with Gasteiger partial charge in [0.15, 0.2) is 5.41 Å². The number of carbonyl (C=O) groups excluding carboxylic acids is 2. The molecule has 0 aliphatic carbocycles. The third-order valence-corrected chi connectivity index (χ3v) is 4.21. The zero-order valence-corrected chi connectivity index (χ0v) is 14.1. The molecular weight excluding hydrogens is 290 g/mol. The summed E-state index contributed by atoms with van der Waals surface area (Å²) < 4.78 is 10.3. The van der Waals surface area contributed by atoms with Gasteiger partial charge >= 0.3 is 11.9 Å². The van der Waals surface area contributed by atoms with Crippen LogP contribution < -0.4 is 0 Å². The molecule has 0 N–H and O–H groups in total. The van der Waals surface area contributed by atoms with Crippen LogP contribution in [0.5, 0.6) is 0 Å². The van der Waals surface area contributed by atoms with Crippen LogP contribution >= 0.6 is 11.3 Å². The Kier molecular flexibility index (Phi) is 6.33. The van der Waals surface area contributed by atoms with Gasteiger partial charge in [-0.2, -0.15) is 0 Å². The monoisotopic (exact) mass is 313 g/mol. The van der Waals surface area contributed by atoms with E-state index in [1.165, 1.54) is 11.3 Å². The van der Waals surface area contributed by atoms with E-state index in [2.05, 4.69) is 4.98 Å². The van der Waals surface area contributed by atoms with Gasteiger partial charge < -0.3 is 9.47 Å². The summed E-state index contributed by atoms with van der Waals surface area (Å²) in [4.78, 5) is 29.3. The van der Waals surface area contributed by atoms with Crippen LogP contribution in [-0.4, -0.2) is 30.1 Å². The summed E-state index contributed by atoms with van der Waals surface area (Å²) in [6.45, 7) is 9.44. The van der Waals surface area contributed by atoms with Gasteiger partial charge in [0, 0.05) is 11.8 Å². The maximum absolute atomic E-state index is 12.5. The Morgan fingerprint density at radius 1 is 1.24 bits per heavy atom. The number of ether oxygens (including phenoxy) is 2. The van der Waals surface area contributed by atoms with E-state index in [4.69, 9.17) is 9.47 Å². The molecule has 6 heteroatoms. The molecular formula is C15H23NO4S. The molecule has 5 nitrogen and oxygen atoms in total. The van der Waals surface area contributed by atoms with Crippen LogP contribution in [0.3, 0.4) is 0 Å². The summed E-state index contributed by atoms with van der Waals surface area (Å²) in [5, 5.41) is 2.76. The largest absolute Gasteiger partial charge is 0.465 e. The fraction of sp³-hybridized carbons (Fsp3) is 0.667. The summed E-state index contributed by atoms with van der Waals surface area (Å²) in [6.07, 6.45) is 0.201. The smallest absolute Gasteiger partial charge is 0.324 e. The van der Waals surface area contributed by atoms with E-state index in [0.717, 1.165) is 5.01 Å². The molecule has 0 aliphatic heterocycles. The lowest BCUT2D eigenvalue weighted by Crippen LogP contribution is -2.48. The molecule has 0 amide bonds. The maximum Gasteiger partial charge on any atom is 0.324 e. The van der Waals surface area contributed by atoms with E-state index in [9.17, 15) is 9.59 Å². The van der Waals surface area contributed by atoms with Gasteiger partial charge in [-0.05, 0) is 26.7 Å². The molecule has 1 rings (SSSR count). The van der Waals surface area contributed by atoms with Crippen molar-refractivity contribution in [1.29, 1.82) is 0 Å². The van der Waals surface area contributed by atoms with Crippen molar-refractivity contribution in [2.24, 2.45) is 11.3 Å². The van der Waals surface area contributed by atoms with Gasteiger partial charge in [-0.1, -0.05) is 13.8 Å². The minimum atomic E-state index is -1.34. The molecule has 0 spiro atoms. The van der Waals surface area contributed by atoms with E-state index in [0.29, 0.717) is 5.69 Å². The fourth-order valence-electron chi connectivity index (χ4n) is 2.20. The first-order valence-corrected chi connectivity index (χ1v) is 8.01. The molecule has 1 aromatic rings. The number of carbonyl (C=O) groups is 2. The first-order valence-electron chi connectivity index (χ1n) is 7.13. The van der Waals surface area contributed by atoms with E-state index in [1.807, 2.05) is 26.2 Å². The van der Waals surface area contributed by atoms with Crippen LogP contribution in [-0.2, 0) is 25.5 Å². The third kappa shape index (κ3) is 3.81. The predicted molar refractivity (Wildman–Crippen MR) is 81.1 cm³/mol. The van der Waals surface area contributed by atoms with Crippen LogP contribution in [0.4, 0.5) is 0 Å². The summed E-state index contributed by atoms with van der Waals surface area (Å²) >= 11 is 1.49. The van der Waals surface area contributed by atoms with Gasteiger partial charge in [0.25, 0.3) is 0 Å². The fourth-order valence-corrected chi connectivity index (χ4v) is 2.81. The number of aryl methyl sites for hydroxylation is 1. The molecule has 0 radical (unpaired) electrons. The zero-order chi connectivity index (χ0) is 16.0. The lowest BCUT2D eigenvalue weighted by Gasteiger charge is -2.32. The van der Waals surface area contributed by atoms with Crippen molar-refractivity contribution >= 4 is 23.3 Å². The second-order valence-electron chi connectivity index (χ2n) is 5.10. The molecule has 21 heavy (non-hydrogen) atoms. The predicted octanol–water partition coefficient (Wildman–Crippen LogP) is 2.76. The Labute approximate surface area is 129 Å². The highest BCUT2D eigenvalue weighted by atomic mass is 32.1. The van der Waals surface area contributed by atoms with Crippen molar-refractivity contribution < 1.29 is 19.1 Å². The minimum Gasteiger partial charge on any atom is -0.465 e. The number of aromatic nitrogens is 1. The SMILES string of the molecule is CCOC(=O)C(Cc1csc(C)n1)(C(=O)OCC)C(C)C. The van der Waals surface area contributed by atoms with Crippen molar-refractivity contribution in [3.05, 3.63) is 16.1 Å². The standard InChI is InChI=1S/C15H23NO4S/c1-6-19-13(17)15(10(3)4,14(18)20-7-2)8-12-9-21-11(5)16-12/h9-10H,6-8H2,1-5H3. The maximum atomic E-state index is 12.5. The van der Waals surface area contributed by atoms with Gasteiger partial charge in [-0.15, -0.1) is 11.3 Å². The molecule has 0 saturated carbocycles. The molecule has 0 aromatic carbocycles. The van der Waals surface area contributed by atoms with E-state index in [1.54, 1.807) is 13.8 Å². The Hall–Kier alpha value is -1.43.